The lowest BCUT2D eigenvalue weighted by atomic mass is 9.96. The van der Waals surface area contributed by atoms with Crippen molar-refractivity contribution in [2.45, 2.75) is 32.8 Å². The predicted molar refractivity (Wildman–Crippen MR) is 130 cm³/mol. The molecule has 4 rings (SSSR count). The highest BCUT2D eigenvalue weighted by atomic mass is 35.5. The number of carboxylic acid groups (broad SMARTS) is 1. The molecule has 170 valence electrons. The zero-order valence-electron chi connectivity index (χ0n) is 18.1. The fourth-order valence-electron chi connectivity index (χ4n) is 3.58. The Morgan fingerprint density at radius 2 is 1.76 bits per heavy atom. The van der Waals surface area contributed by atoms with Crippen LogP contribution >= 0.6 is 23.2 Å². The first-order valence-electron chi connectivity index (χ1n) is 10.5. The average molecular weight is 485 g/mol. The second-order valence-corrected chi connectivity index (χ2v) is 8.50. The van der Waals surface area contributed by atoms with Crippen molar-refractivity contribution in [1.29, 1.82) is 0 Å². The molecule has 0 unspecified atom stereocenters. The fraction of sp³-hybridized carbons (Fsp3) is 0.192. The molecule has 4 aromatic rings. The summed E-state index contributed by atoms with van der Waals surface area (Å²) in [6.07, 6.45) is 2.44. The van der Waals surface area contributed by atoms with Crippen LogP contribution in [0.3, 0.4) is 0 Å². The molecule has 0 aliphatic heterocycles. The number of hydrogen-bond acceptors (Lipinski definition) is 4. The maximum atomic E-state index is 11.2. The first kappa shape index (κ1) is 23.0. The van der Waals surface area contributed by atoms with Crippen molar-refractivity contribution in [2.24, 2.45) is 0 Å². The second-order valence-electron chi connectivity index (χ2n) is 7.65. The van der Waals surface area contributed by atoms with Crippen LogP contribution in [-0.4, -0.2) is 17.2 Å². The van der Waals surface area contributed by atoms with Crippen LogP contribution in [0.5, 0.6) is 17.2 Å². The number of fused-ring (bicyclic) bond motifs is 1. The summed E-state index contributed by atoms with van der Waals surface area (Å²) in [5.74, 6) is 0.647. The van der Waals surface area contributed by atoms with Gasteiger partial charge in [0.2, 0.25) is 0 Å². The quantitative estimate of drug-likeness (QED) is 0.274. The molecular formula is C26H22Cl2O5. The van der Waals surface area contributed by atoms with Crippen LogP contribution in [0.2, 0.25) is 10.0 Å². The SMILES string of the molecule is CCCc1cc(Oc2ccc(Cl)cc2)ccc1-c1coc2cc(Cl)c(O[C@@H](C)C(=O)O)cc12. The lowest BCUT2D eigenvalue weighted by Crippen LogP contribution is -2.22. The molecule has 0 aliphatic carbocycles. The van der Waals surface area contributed by atoms with Crippen LogP contribution in [0.25, 0.3) is 22.1 Å². The van der Waals surface area contributed by atoms with E-state index < -0.39 is 12.1 Å². The molecule has 1 N–H and O–H groups in total. The topological polar surface area (TPSA) is 68.9 Å². The highest BCUT2D eigenvalue weighted by molar-refractivity contribution is 6.33. The van der Waals surface area contributed by atoms with Gasteiger partial charge in [0.15, 0.2) is 6.10 Å². The van der Waals surface area contributed by atoms with Gasteiger partial charge in [0.1, 0.15) is 22.8 Å². The average Bonchev–Trinajstić information content (AvgIpc) is 3.18. The van der Waals surface area contributed by atoms with E-state index in [2.05, 4.69) is 6.92 Å². The standard InChI is InChI=1S/C26H22Cl2O5/c1-3-4-16-11-19(33-18-7-5-17(27)6-8-18)9-10-20(16)22-14-31-24-13-23(28)25(12-21(22)24)32-15(2)26(29)30/h5-15H,3-4H2,1-2H3,(H,29,30)/t15-/m0/s1. The number of aryl methyl sites for hydroxylation is 1. The minimum atomic E-state index is -1.07. The Balaban J connectivity index is 1.73. The van der Waals surface area contributed by atoms with E-state index in [4.69, 9.17) is 37.1 Å². The monoisotopic (exact) mass is 484 g/mol. The molecule has 1 atom stereocenters. The van der Waals surface area contributed by atoms with E-state index in [-0.39, 0.29) is 5.02 Å². The number of benzene rings is 3. The van der Waals surface area contributed by atoms with Gasteiger partial charge in [-0.1, -0.05) is 42.6 Å². The normalized spacial score (nSPS) is 12.0. The van der Waals surface area contributed by atoms with Gasteiger partial charge in [-0.15, -0.1) is 0 Å². The Morgan fingerprint density at radius 1 is 1.03 bits per heavy atom. The number of aliphatic carboxylic acids is 1. The summed E-state index contributed by atoms with van der Waals surface area (Å²) in [6.45, 7) is 3.57. The molecule has 0 saturated carbocycles. The van der Waals surface area contributed by atoms with Crippen molar-refractivity contribution < 1.29 is 23.8 Å². The molecule has 0 saturated heterocycles. The lowest BCUT2D eigenvalue weighted by molar-refractivity contribution is -0.144. The van der Waals surface area contributed by atoms with Crippen LogP contribution in [0.4, 0.5) is 0 Å². The van der Waals surface area contributed by atoms with E-state index in [0.29, 0.717) is 22.1 Å². The van der Waals surface area contributed by atoms with Gasteiger partial charge in [-0.2, -0.15) is 0 Å². The molecule has 0 amide bonds. The van der Waals surface area contributed by atoms with Crippen LogP contribution in [0.15, 0.2) is 65.3 Å². The van der Waals surface area contributed by atoms with Crippen LogP contribution in [-0.2, 0) is 11.2 Å². The van der Waals surface area contributed by atoms with E-state index >= 15 is 0 Å². The number of halogens is 2. The number of furan rings is 1. The Morgan fingerprint density at radius 3 is 2.45 bits per heavy atom. The first-order valence-corrected chi connectivity index (χ1v) is 11.3. The zero-order valence-corrected chi connectivity index (χ0v) is 19.6. The van der Waals surface area contributed by atoms with Gasteiger partial charge in [0.05, 0.1) is 11.3 Å². The summed E-state index contributed by atoms with van der Waals surface area (Å²) in [6, 6.07) is 16.5. The van der Waals surface area contributed by atoms with Gasteiger partial charge in [0.25, 0.3) is 0 Å². The third-order valence-corrected chi connectivity index (χ3v) is 5.76. The van der Waals surface area contributed by atoms with E-state index in [1.165, 1.54) is 6.92 Å². The van der Waals surface area contributed by atoms with Gasteiger partial charge in [-0.3, -0.25) is 0 Å². The lowest BCUT2D eigenvalue weighted by Gasteiger charge is -2.13. The maximum absolute atomic E-state index is 11.2. The number of carbonyl (C=O) groups is 1. The van der Waals surface area contributed by atoms with Gasteiger partial charge < -0.3 is 19.0 Å². The third kappa shape index (κ3) is 5.10. The van der Waals surface area contributed by atoms with Crippen molar-refractivity contribution in [1.82, 2.24) is 0 Å². The second kappa shape index (κ2) is 9.77. The maximum Gasteiger partial charge on any atom is 0.344 e. The smallest absolute Gasteiger partial charge is 0.344 e. The van der Waals surface area contributed by atoms with Crippen molar-refractivity contribution >= 4 is 40.1 Å². The first-order chi connectivity index (χ1) is 15.9. The summed E-state index contributed by atoms with van der Waals surface area (Å²) in [5, 5.41) is 10.9. The summed E-state index contributed by atoms with van der Waals surface area (Å²) in [7, 11) is 0. The predicted octanol–water partition coefficient (Wildman–Crippen LogP) is 8.00. The molecule has 5 nitrogen and oxygen atoms in total. The molecule has 1 heterocycles. The van der Waals surface area contributed by atoms with Crippen molar-refractivity contribution in [2.75, 3.05) is 0 Å². The molecule has 7 heteroatoms. The summed E-state index contributed by atoms with van der Waals surface area (Å²) >= 11 is 12.3. The van der Waals surface area contributed by atoms with E-state index in [9.17, 15) is 9.90 Å². The number of ether oxygens (including phenoxy) is 2. The fourth-order valence-corrected chi connectivity index (χ4v) is 3.90. The largest absolute Gasteiger partial charge is 0.479 e. The van der Waals surface area contributed by atoms with Gasteiger partial charge in [0, 0.05) is 22.0 Å². The summed E-state index contributed by atoms with van der Waals surface area (Å²) in [5.41, 5.74) is 3.56. The molecule has 0 radical (unpaired) electrons. The summed E-state index contributed by atoms with van der Waals surface area (Å²) in [4.78, 5) is 11.2. The molecule has 3 aromatic carbocycles. The Labute approximate surface area is 201 Å². The molecule has 1 aromatic heterocycles. The van der Waals surface area contributed by atoms with Gasteiger partial charge >= 0.3 is 5.97 Å². The molecule has 0 bridgehead atoms. The van der Waals surface area contributed by atoms with Crippen LogP contribution < -0.4 is 9.47 Å². The van der Waals surface area contributed by atoms with Crippen molar-refractivity contribution in [3.8, 4) is 28.4 Å². The third-order valence-electron chi connectivity index (χ3n) is 5.22. The van der Waals surface area contributed by atoms with Crippen LogP contribution in [0.1, 0.15) is 25.8 Å². The van der Waals surface area contributed by atoms with E-state index in [1.807, 2.05) is 30.3 Å². The highest BCUT2D eigenvalue weighted by Crippen LogP contribution is 2.40. The molecular weight excluding hydrogens is 463 g/mol. The minimum absolute atomic E-state index is 0.289. The molecule has 0 aliphatic rings. The Bertz CT molecular complexity index is 1290. The van der Waals surface area contributed by atoms with Gasteiger partial charge in [-0.25, -0.2) is 4.79 Å². The molecule has 33 heavy (non-hydrogen) atoms. The van der Waals surface area contributed by atoms with Crippen molar-refractivity contribution in [3.05, 3.63) is 76.5 Å². The molecule has 0 fully saturated rings. The summed E-state index contributed by atoms with van der Waals surface area (Å²) < 4.78 is 17.3. The molecule has 0 spiro atoms. The van der Waals surface area contributed by atoms with Crippen molar-refractivity contribution in [3.63, 3.8) is 0 Å². The number of hydrogen-bond donors (Lipinski definition) is 1. The number of carboxylic acids is 1. The minimum Gasteiger partial charge on any atom is -0.479 e. The van der Waals surface area contributed by atoms with Crippen LogP contribution in [0, 0.1) is 0 Å². The Kier molecular flexibility index (Phi) is 6.82. The number of rotatable bonds is 8. The highest BCUT2D eigenvalue weighted by Gasteiger charge is 2.19. The van der Waals surface area contributed by atoms with E-state index in [0.717, 1.165) is 40.7 Å². The van der Waals surface area contributed by atoms with E-state index in [1.54, 1.807) is 30.5 Å². The Hall–Kier alpha value is -3.15. The zero-order chi connectivity index (χ0) is 23.5. The van der Waals surface area contributed by atoms with Gasteiger partial charge in [-0.05, 0) is 66.9 Å².